The summed E-state index contributed by atoms with van der Waals surface area (Å²) in [5.41, 5.74) is 0.833. The monoisotopic (exact) mass is 368 g/mol. The molecule has 3 rings (SSSR count). The number of nitrogens with zero attached hydrogens (tertiary/aromatic N) is 2. The van der Waals surface area contributed by atoms with Gasteiger partial charge in [0.25, 0.3) is 0 Å². The SMILES string of the molecule is O=C(O)n1c(-c2cc(Br)ccc2F)nc2cc(Cl)ccc21. The molecule has 0 atom stereocenters. The van der Waals surface area contributed by atoms with Crippen LogP contribution in [0.2, 0.25) is 5.02 Å². The summed E-state index contributed by atoms with van der Waals surface area (Å²) >= 11 is 9.12. The standard InChI is InChI=1S/C14H7BrClFN2O2/c15-7-1-3-10(17)9(5-7)13-18-11-6-8(16)2-4-12(11)19(13)14(20)21/h1-6H,(H,20,21). The number of carbonyl (C=O) groups is 1. The molecule has 0 aliphatic rings. The summed E-state index contributed by atoms with van der Waals surface area (Å²) in [6.07, 6.45) is -1.24. The molecule has 1 aromatic heterocycles. The van der Waals surface area contributed by atoms with E-state index in [0.29, 0.717) is 20.5 Å². The highest BCUT2D eigenvalue weighted by Crippen LogP contribution is 2.30. The van der Waals surface area contributed by atoms with Gasteiger partial charge in [-0.25, -0.2) is 18.7 Å². The summed E-state index contributed by atoms with van der Waals surface area (Å²) in [7, 11) is 0. The molecule has 0 aliphatic heterocycles. The smallest absolute Gasteiger partial charge is 0.417 e. The molecule has 3 aromatic rings. The van der Waals surface area contributed by atoms with Crippen LogP contribution in [-0.2, 0) is 0 Å². The molecular formula is C14H7BrClFN2O2. The average Bonchev–Trinajstić information content (AvgIpc) is 2.79. The molecule has 0 saturated heterocycles. The molecule has 21 heavy (non-hydrogen) atoms. The maximum Gasteiger partial charge on any atom is 0.417 e. The molecule has 0 amide bonds. The van der Waals surface area contributed by atoms with Crippen molar-refractivity contribution in [3.8, 4) is 11.4 Å². The molecule has 0 radical (unpaired) electrons. The van der Waals surface area contributed by atoms with E-state index in [4.69, 9.17) is 11.6 Å². The molecule has 2 aromatic carbocycles. The Kier molecular flexibility index (Phi) is 3.43. The highest BCUT2D eigenvalue weighted by molar-refractivity contribution is 9.10. The fourth-order valence-electron chi connectivity index (χ4n) is 2.10. The highest BCUT2D eigenvalue weighted by Gasteiger charge is 2.20. The van der Waals surface area contributed by atoms with E-state index in [2.05, 4.69) is 20.9 Å². The molecule has 106 valence electrons. The van der Waals surface area contributed by atoms with Crippen molar-refractivity contribution in [3.63, 3.8) is 0 Å². The molecule has 0 saturated carbocycles. The van der Waals surface area contributed by atoms with Gasteiger partial charge in [0.2, 0.25) is 0 Å². The van der Waals surface area contributed by atoms with Gasteiger partial charge in [-0.05, 0) is 36.4 Å². The minimum absolute atomic E-state index is 0.0126. The second-order valence-electron chi connectivity index (χ2n) is 4.31. The fourth-order valence-corrected chi connectivity index (χ4v) is 2.62. The normalized spacial score (nSPS) is 11.0. The Morgan fingerprint density at radius 1 is 1.29 bits per heavy atom. The maximum atomic E-state index is 14.0. The van der Waals surface area contributed by atoms with Crippen molar-refractivity contribution in [2.75, 3.05) is 0 Å². The Balaban J connectivity index is 2.38. The molecule has 1 heterocycles. The predicted molar refractivity (Wildman–Crippen MR) is 81.3 cm³/mol. The molecule has 4 nitrogen and oxygen atoms in total. The predicted octanol–water partition coefficient (Wildman–Crippen LogP) is 4.78. The van der Waals surface area contributed by atoms with Gasteiger partial charge < -0.3 is 5.11 Å². The summed E-state index contributed by atoms with van der Waals surface area (Å²) in [5, 5.41) is 9.83. The summed E-state index contributed by atoms with van der Waals surface area (Å²) in [4.78, 5) is 15.7. The first kappa shape index (κ1) is 14.0. The van der Waals surface area contributed by atoms with Crippen molar-refractivity contribution in [3.05, 3.63) is 51.7 Å². The first-order valence-electron chi connectivity index (χ1n) is 5.84. The molecule has 0 unspecified atom stereocenters. The largest absolute Gasteiger partial charge is 0.464 e. The van der Waals surface area contributed by atoms with Crippen molar-refractivity contribution < 1.29 is 14.3 Å². The van der Waals surface area contributed by atoms with E-state index in [1.54, 1.807) is 6.07 Å². The second-order valence-corrected chi connectivity index (χ2v) is 5.66. The van der Waals surface area contributed by atoms with E-state index >= 15 is 0 Å². The van der Waals surface area contributed by atoms with Crippen LogP contribution in [0.25, 0.3) is 22.4 Å². The van der Waals surface area contributed by atoms with Crippen molar-refractivity contribution in [1.29, 1.82) is 0 Å². The first-order chi connectivity index (χ1) is 9.97. The molecule has 0 spiro atoms. The zero-order valence-electron chi connectivity index (χ0n) is 10.3. The number of benzene rings is 2. The van der Waals surface area contributed by atoms with Gasteiger partial charge in [0.05, 0.1) is 16.6 Å². The molecule has 0 fully saturated rings. The molecule has 0 bridgehead atoms. The van der Waals surface area contributed by atoms with Gasteiger partial charge in [-0.15, -0.1) is 0 Å². The quantitative estimate of drug-likeness (QED) is 0.671. The van der Waals surface area contributed by atoms with Gasteiger partial charge in [0.15, 0.2) is 5.82 Å². The van der Waals surface area contributed by atoms with Gasteiger partial charge in [0.1, 0.15) is 5.82 Å². The molecular weight excluding hydrogens is 363 g/mol. The van der Waals surface area contributed by atoms with Crippen LogP contribution in [-0.4, -0.2) is 20.8 Å². The Labute approximate surface area is 131 Å². The van der Waals surface area contributed by atoms with E-state index in [-0.39, 0.29) is 11.4 Å². The number of aromatic nitrogens is 2. The lowest BCUT2D eigenvalue weighted by atomic mass is 10.2. The second kappa shape index (κ2) is 5.13. The van der Waals surface area contributed by atoms with E-state index in [1.807, 2.05) is 0 Å². The van der Waals surface area contributed by atoms with Gasteiger partial charge in [-0.3, -0.25) is 0 Å². The summed E-state index contributed by atoms with van der Waals surface area (Å²) in [6.45, 7) is 0. The summed E-state index contributed by atoms with van der Waals surface area (Å²) in [6, 6.07) is 8.90. The lowest BCUT2D eigenvalue weighted by molar-refractivity contribution is 0.197. The Morgan fingerprint density at radius 3 is 2.76 bits per heavy atom. The van der Waals surface area contributed by atoms with Gasteiger partial charge in [-0.2, -0.15) is 0 Å². The van der Waals surface area contributed by atoms with Crippen LogP contribution < -0.4 is 0 Å². The lowest BCUT2D eigenvalue weighted by Gasteiger charge is -2.05. The molecule has 7 heteroatoms. The molecule has 0 aliphatic carbocycles. The van der Waals surface area contributed by atoms with Gasteiger partial charge in [0, 0.05) is 9.50 Å². The van der Waals surface area contributed by atoms with Crippen molar-refractivity contribution in [1.82, 2.24) is 9.55 Å². The third-order valence-corrected chi connectivity index (χ3v) is 3.71. The third-order valence-electron chi connectivity index (χ3n) is 2.98. The number of rotatable bonds is 1. The van der Waals surface area contributed by atoms with Crippen molar-refractivity contribution >= 4 is 44.7 Å². The summed E-state index contributed by atoms with van der Waals surface area (Å²) in [5.74, 6) is -0.541. The van der Waals surface area contributed by atoms with E-state index in [1.165, 1.54) is 30.3 Å². The highest BCUT2D eigenvalue weighted by atomic mass is 79.9. The van der Waals surface area contributed by atoms with Crippen molar-refractivity contribution in [2.45, 2.75) is 0 Å². The number of carboxylic acid groups (broad SMARTS) is 1. The first-order valence-corrected chi connectivity index (χ1v) is 7.01. The average molecular weight is 370 g/mol. The topological polar surface area (TPSA) is 55.1 Å². The third kappa shape index (κ3) is 2.41. The van der Waals surface area contributed by atoms with Crippen LogP contribution in [0.4, 0.5) is 9.18 Å². The Bertz CT molecular complexity index is 879. The van der Waals surface area contributed by atoms with Crippen LogP contribution in [0.3, 0.4) is 0 Å². The summed E-state index contributed by atoms with van der Waals surface area (Å²) < 4.78 is 15.6. The van der Waals surface area contributed by atoms with Crippen LogP contribution in [0.15, 0.2) is 40.9 Å². The van der Waals surface area contributed by atoms with Crippen LogP contribution >= 0.6 is 27.5 Å². The number of imidazole rings is 1. The Hall–Kier alpha value is -1.92. The van der Waals surface area contributed by atoms with Gasteiger partial charge >= 0.3 is 6.09 Å². The maximum absolute atomic E-state index is 14.0. The van der Waals surface area contributed by atoms with E-state index < -0.39 is 11.9 Å². The molecule has 1 N–H and O–H groups in total. The van der Waals surface area contributed by atoms with Crippen LogP contribution in [0.5, 0.6) is 0 Å². The van der Waals surface area contributed by atoms with Crippen LogP contribution in [0, 0.1) is 5.82 Å². The number of hydrogen-bond acceptors (Lipinski definition) is 2. The minimum Gasteiger partial charge on any atom is -0.464 e. The van der Waals surface area contributed by atoms with Crippen LogP contribution in [0.1, 0.15) is 0 Å². The minimum atomic E-state index is -1.24. The zero-order valence-corrected chi connectivity index (χ0v) is 12.7. The fraction of sp³-hybridized carbons (Fsp3) is 0. The zero-order chi connectivity index (χ0) is 15.1. The number of fused-ring (bicyclic) bond motifs is 1. The van der Waals surface area contributed by atoms with E-state index in [9.17, 15) is 14.3 Å². The Morgan fingerprint density at radius 2 is 2.05 bits per heavy atom. The van der Waals surface area contributed by atoms with Crippen molar-refractivity contribution in [2.24, 2.45) is 0 Å². The lowest BCUT2D eigenvalue weighted by Crippen LogP contribution is -2.10. The number of hydrogen-bond donors (Lipinski definition) is 1. The van der Waals surface area contributed by atoms with E-state index in [0.717, 1.165) is 4.57 Å². The van der Waals surface area contributed by atoms with Gasteiger partial charge in [-0.1, -0.05) is 27.5 Å². The number of halogens is 3.